The van der Waals surface area contributed by atoms with Gasteiger partial charge in [0.25, 0.3) is 0 Å². The molecule has 0 radical (unpaired) electrons. The van der Waals surface area contributed by atoms with Crippen LogP contribution in [0.4, 0.5) is 0 Å². The van der Waals surface area contributed by atoms with Gasteiger partial charge in [0.15, 0.2) is 11.5 Å². The number of rotatable bonds is 4. The second kappa shape index (κ2) is 5.75. The van der Waals surface area contributed by atoms with E-state index in [1.807, 2.05) is 0 Å². The number of hydrogen-bond acceptors (Lipinski definition) is 4. The van der Waals surface area contributed by atoms with Crippen LogP contribution >= 0.6 is 15.9 Å². The lowest BCUT2D eigenvalue weighted by Crippen LogP contribution is -2.08. The minimum absolute atomic E-state index is 0.354. The summed E-state index contributed by atoms with van der Waals surface area (Å²) in [7, 11) is 4.45. The van der Waals surface area contributed by atoms with Gasteiger partial charge in [-0.3, -0.25) is 4.79 Å². The van der Waals surface area contributed by atoms with Crippen molar-refractivity contribution in [2.45, 2.75) is 4.83 Å². The Morgan fingerprint density at radius 3 is 2.31 bits per heavy atom. The van der Waals surface area contributed by atoms with E-state index in [1.54, 1.807) is 32.4 Å². The number of carbonyl (C=O) groups excluding carboxylic acids is 1. The van der Waals surface area contributed by atoms with Crippen LogP contribution in [0.15, 0.2) is 18.2 Å². The number of hydrogen-bond donors (Lipinski definition) is 0. The van der Waals surface area contributed by atoms with E-state index >= 15 is 0 Å². The molecule has 0 spiro atoms. The standard InChI is InChI=1S/C11H13BrO4/c1-14-8-5-4-7(6-9(8)15-2)10(12)11(13)16-3/h4-6,10H,1-3H3/t10-/m0/s1. The summed E-state index contributed by atoms with van der Waals surface area (Å²) >= 11 is 3.25. The van der Waals surface area contributed by atoms with Crippen LogP contribution in [-0.2, 0) is 9.53 Å². The Morgan fingerprint density at radius 2 is 1.81 bits per heavy atom. The summed E-state index contributed by atoms with van der Waals surface area (Å²) in [5.41, 5.74) is 0.754. The Hall–Kier alpha value is -1.23. The molecule has 0 aliphatic carbocycles. The van der Waals surface area contributed by atoms with E-state index in [9.17, 15) is 4.79 Å². The SMILES string of the molecule is COC(=O)[C@@H](Br)c1ccc(OC)c(OC)c1. The average molecular weight is 289 g/mol. The van der Waals surface area contributed by atoms with Crippen molar-refractivity contribution in [2.75, 3.05) is 21.3 Å². The van der Waals surface area contributed by atoms with Crippen molar-refractivity contribution < 1.29 is 19.0 Å². The van der Waals surface area contributed by atoms with Crippen LogP contribution in [0.5, 0.6) is 11.5 Å². The molecule has 4 nitrogen and oxygen atoms in total. The van der Waals surface area contributed by atoms with E-state index in [-0.39, 0.29) is 5.97 Å². The number of esters is 1. The van der Waals surface area contributed by atoms with Crippen LogP contribution in [-0.4, -0.2) is 27.3 Å². The van der Waals surface area contributed by atoms with Crippen molar-refractivity contribution in [1.82, 2.24) is 0 Å². The Bertz CT molecular complexity index is 378. The zero-order chi connectivity index (χ0) is 12.1. The fourth-order valence-electron chi connectivity index (χ4n) is 1.25. The minimum Gasteiger partial charge on any atom is -0.493 e. The monoisotopic (exact) mass is 288 g/mol. The van der Waals surface area contributed by atoms with Crippen LogP contribution < -0.4 is 9.47 Å². The highest BCUT2D eigenvalue weighted by Crippen LogP contribution is 2.33. The summed E-state index contributed by atoms with van der Waals surface area (Å²) in [6.07, 6.45) is 0. The molecule has 1 rings (SSSR count). The molecule has 0 unspecified atom stereocenters. The third-order valence-electron chi connectivity index (χ3n) is 2.11. The van der Waals surface area contributed by atoms with Gasteiger partial charge in [-0.1, -0.05) is 22.0 Å². The fraction of sp³-hybridized carbons (Fsp3) is 0.364. The maximum absolute atomic E-state index is 11.3. The van der Waals surface area contributed by atoms with Crippen molar-refractivity contribution in [3.05, 3.63) is 23.8 Å². The van der Waals surface area contributed by atoms with Crippen molar-refractivity contribution in [1.29, 1.82) is 0 Å². The quantitative estimate of drug-likeness (QED) is 0.630. The highest BCUT2D eigenvalue weighted by atomic mass is 79.9. The third kappa shape index (κ3) is 2.66. The number of halogens is 1. The molecule has 88 valence electrons. The van der Waals surface area contributed by atoms with Gasteiger partial charge in [0, 0.05) is 0 Å². The lowest BCUT2D eigenvalue weighted by atomic mass is 10.1. The van der Waals surface area contributed by atoms with Gasteiger partial charge in [-0.2, -0.15) is 0 Å². The lowest BCUT2D eigenvalue weighted by Gasteiger charge is -2.12. The smallest absolute Gasteiger partial charge is 0.324 e. The minimum atomic E-state index is -0.502. The first kappa shape index (κ1) is 12.8. The average Bonchev–Trinajstić information content (AvgIpc) is 2.35. The van der Waals surface area contributed by atoms with Crippen LogP contribution in [0.3, 0.4) is 0 Å². The van der Waals surface area contributed by atoms with Gasteiger partial charge in [0.1, 0.15) is 4.83 Å². The molecule has 0 aliphatic rings. The third-order valence-corrected chi connectivity index (χ3v) is 3.01. The Kier molecular flexibility index (Phi) is 4.61. The number of carbonyl (C=O) groups is 1. The molecule has 0 N–H and O–H groups in total. The fourth-order valence-corrected chi connectivity index (χ4v) is 1.72. The van der Waals surface area contributed by atoms with E-state index in [2.05, 4.69) is 20.7 Å². The number of alkyl halides is 1. The molecule has 0 heterocycles. The second-order valence-corrected chi connectivity index (χ2v) is 3.92. The first-order valence-corrected chi connectivity index (χ1v) is 5.49. The van der Waals surface area contributed by atoms with Crippen molar-refractivity contribution >= 4 is 21.9 Å². The zero-order valence-electron chi connectivity index (χ0n) is 9.32. The van der Waals surface area contributed by atoms with Gasteiger partial charge in [-0.05, 0) is 17.7 Å². The molecule has 1 aromatic rings. The molecular weight excluding hydrogens is 276 g/mol. The van der Waals surface area contributed by atoms with Crippen molar-refractivity contribution in [3.63, 3.8) is 0 Å². The summed E-state index contributed by atoms with van der Waals surface area (Å²) in [5, 5.41) is 0. The normalized spacial score (nSPS) is 11.8. The van der Waals surface area contributed by atoms with E-state index in [0.29, 0.717) is 11.5 Å². The first-order valence-electron chi connectivity index (χ1n) is 4.57. The van der Waals surface area contributed by atoms with Crippen LogP contribution in [0.2, 0.25) is 0 Å². The molecule has 1 aromatic carbocycles. The maximum atomic E-state index is 11.3. The predicted molar refractivity (Wildman–Crippen MR) is 63.2 cm³/mol. The molecule has 1 atom stereocenters. The topological polar surface area (TPSA) is 44.8 Å². The van der Waals surface area contributed by atoms with Gasteiger partial charge in [-0.15, -0.1) is 0 Å². The largest absolute Gasteiger partial charge is 0.493 e. The van der Waals surface area contributed by atoms with E-state index < -0.39 is 4.83 Å². The number of methoxy groups -OCH3 is 3. The van der Waals surface area contributed by atoms with Gasteiger partial charge < -0.3 is 14.2 Å². The maximum Gasteiger partial charge on any atom is 0.324 e. The number of ether oxygens (including phenoxy) is 3. The summed E-state index contributed by atoms with van der Waals surface area (Å²) in [5.74, 6) is 0.844. The highest BCUT2D eigenvalue weighted by Gasteiger charge is 2.19. The molecule has 0 saturated heterocycles. The molecule has 0 amide bonds. The summed E-state index contributed by atoms with van der Waals surface area (Å²) in [4.78, 5) is 10.8. The predicted octanol–water partition coefficient (Wildman–Crippen LogP) is 2.31. The van der Waals surface area contributed by atoms with Crippen LogP contribution in [0, 0.1) is 0 Å². The van der Waals surface area contributed by atoms with Crippen molar-refractivity contribution in [3.8, 4) is 11.5 Å². The van der Waals surface area contributed by atoms with E-state index in [4.69, 9.17) is 9.47 Å². The summed E-state index contributed by atoms with van der Waals surface area (Å²) in [6, 6.07) is 5.25. The zero-order valence-corrected chi connectivity index (χ0v) is 10.9. The van der Waals surface area contributed by atoms with Crippen LogP contribution in [0.25, 0.3) is 0 Å². The van der Waals surface area contributed by atoms with Gasteiger partial charge in [0.05, 0.1) is 21.3 Å². The van der Waals surface area contributed by atoms with Gasteiger partial charge in [-0.25, -0.2) is 0 Å². The number of benzene rings is 1. The molecule has 0 bridgehead atoms. The molecule has 0 fully saturated rings. The first-order chi connectivity index (χ1) is 7.63. The van der Waals surface area contributed by atoms with Crippen LogP contribution in [0.1, 0.15) is 10.4 Å². The summed E-state index contributed by atoms with van der Waals surface area (Å²) < 4.78 is 14.9. The Balaban J connectivity index is 3.03. The van der Waals surface area contributed by atoms with Crippen molar-refractivity contribution in [2.24, 2.45) is 0 Å². The Morgan fingerprint density at radius 1 is 1.19 bits per heavy atom. The molecule has 0 aromatic heterocycles. The molecule has 16 heavy (non-hydrogen) atoms. The van der Waals surface area contributed by atoms with E-state index in [0.717, 1.165) is 5.56 Å². The van der Waals surface area contributed by atoms with Gasteiger partial charge in [0.2, 0.25) is 0 Å². The summed E-state index contributed by atoms with van der Waals surface area (Å²) in [6.45, 7) is 0. The van der Waals surface area contributed by atoms with Gasteiger partial charge >= 0.3 is 5.97 Å². The highest BCUT2D eigenvalue weighted by molar-refractivity contribution is 9.09. The molecule has 0 aliphatic heterocycles. The second-order valence-electron chi connectivity index (χ2n) is 3.00. The Labute approximate surface area is 103 Å². The molecule has 0 saturated carbocycles. The van der Waals surface area contributed by atoms with E-state index in [1.165, 1.54) is 7.11 Å². The molecule has 5 heteroatoms. The molecular formula is C11H13BrO4. The lowest BCUT2D eigenvalue weighted by molar-refractivity contribution is -0.139.